The molecule has 1 aliphatic rings. The summed E-state index contributed by atoms with van der Waals surface area (Å²) in [6.45, 7) is 0.468. The van der Waals surface area contributed by atoms with E-state index in [1.54, 1.807) is 7.11 Å². The van der Waals surface area contributed by atoms with E-state index in [1.165, 1.54) is 0 Å². The van der Waals surface area contributed by atoms with Gasteiger partial charge in [0.15, 0.2) is 0 Å². The second-order valence-electron chi connectivity index (χ2n) is 4.62. The first-order valence-electron chi connectivity index (χ1n) is 6.27. The molecule has 2 rings (SSSR count). The predicted octanol–water partition coefficient (Wildman–Crippen LogP) is 2.94. The number of nitrogens with one attached hydrogen (secondary N) is 1. The Bertz CT molecular complexity index is 418. The summed E-state index contributed by atoms with van der Waals surface area (Å²) in [5.41, 5.74) is 0.913. The number of ether oxygens (including phenoxy) is 1. The molecule has 18 heavy (non-hydrogen) atoms. The van der Waals surface area contributed by atoms with Gasteiger partial charge in [0, 0.05) is 30.2 Å². The lowest BCUT2D eigenvalue weighted by molar-refractivity contribution is -0.127. The van der Waals surface area contributed by atoms with Gasteiger partial charge in [-0.05, 0) is 18.9 Å². The van der Waals surface area contributed by atoms with Crippen LogP contribution in [0.5, 0.6) is 0 Å². The van der Waals surface area contributed by atoms with Crippen LogP contribution >= 0.6 is 11.6 Å². The van der Waals surface area contributed by atoms with Crippen LogP contribution in [-0.2, 0) is 9.53 Å². The van der Waals surface area contributed by atoms with Crippen LogP contribution in [-0.4, -0.2) is 19.6 Å². The summed E-state index contributed by atoms with van der Waals surface area (Å²) in [6, 6.07) is 7.55. The largest absolute Gasteiger partial charge is 0.375 e. The number of hydrogen-bond acceptors (Lipinski definition) is 2. The average molecular weight is 268 g/mol. The second-order valence-corrected chi connectivity index (χ2v) is 5.03. The van der Waals surface area contributed by atoms with Crippen molar-refractivity contribution in [3.8, 4) is 0 Å². The molecule has 0 radical (unpaired) electrons. The molecule has 1 fully saturated rings. The van der Waals surface area contributed by atoms with Gasteiger partial charge >= 0.3 is 0 Å². The molecule has 1 N–H and O–H groups in total. The third-order valence-corrected chi connectivity index (χ3v) is 3.82. The first-order valence-corrected chi connectivity index (χ1v) is 6.65. The topological polar surface area (TPSA) is 38.3 Å². The van der Waals surface area contributed by atoms with Crippen LogP contribution in [0.4, 0.5) is 0 Å². The third-order valence-electron chi connectivity index (χ3n) is 3.47. The third kappa shape index (κ3) is 3.03. The van der Waals surface area contributed by atoms with E-state index < -0.39 is 0 Å². The van der Waals surface area contributed by atoms with Gasteiger partial charge in [0.05, 0.1) is 0 Å². The maximum absolute atomic E-state index is 11.8. The van der Waals surface area contributed by atoms with E-state index in [9.17, 15) is 4.79 Å². The number of benzene rings is 1. The fourth-order valence-electron chi connectivity index (χ4n) is 2.06. The van der Waals surface area contributed by atoms with Crippen molar-refractivity contribution in [2.45, 2.75) is 25.4 Å². The number of amides is 1. The zero-order chi connectivity index (χ0) is 13.0. The first-order chi connectivity index (χ1) is 8.72. The fourth-order valence-corrected chi connectivity index (χ4v) is 2.32. The van der Waals surface area contributed by atoms with Crippen LogP contribution in [0.15, 0.2) is 24.3 Å². The number of hydrogen-bond donors (Lipinski definition) is 1. The zero-order valence-corrected chi connectivity index (χ0v) is 11.2. The Hall–Kier alpha value is -1.06. The lowest BCUT2D eigenvalue weighted by Gasteiger charge is -2.25. The molecule has 0 unspecified atom stereocenters. The van der Waals surface area contributed by atoms with Crippen molar-refractivity contribution in [3.05, 3.63) is 34.9 Å². The summed E-state index contributed by atoms with van der Waals surface area (Å²) in [5, 5.41) is 3.61. The van der Waals surface area contributed by atoms with Gasteiger partial charge in [0.2, 0.25) is 5.91 Å². The highest BCUT2D eigenvalue weighted by atomic mass is 35.5. The Morgan fingerprint density at radius 2 is 2.22 bits per heavy atom. The molecule has 3 nitrogen and oxygen atoms in total. The van der Waals surface area contributed by atoms with Crippen molar-refractivity contribution in [1.82, 2.24) is 5.32 Å². The van der Waals surface area contributed by atoms with Crippen molar-refractivity contribution in [3.63, 3.8) is 0 Å². The quantitative estimate of drug-likeness (QED) is 0.891. The van der Waals surface area contributed by atoms with Crippen LogP contribution < -0.4 is 5.32 Å². The van der Waals surface area contributed by atoms with E-state index in [0.29, 0.717) is 11.6 Å². The van der Waals surface area contributed by atoms with Gasteiger partial charge in [0.25, 0.3) is 0 Å². The smallest absolute Gasteiger partial charge is 0.223 e. The molecule has 0 spiro atoms. The van der Waals surface area contributed by atoms with Crippen molar-refractivity contribution in [2.75, 3.05) is 13.7 Å². The van der Waals surface area contributed by atoms with Crippen molar-refractivity contribution in [1.29, 1.82) is 0 Å². The van der Waals surface area contributed by atoms with E-state index in [2.05, 4.69) is 5.32 Å². The van der Waals surface area contributed by atoms with E-state index in [1.807, 2.05) is 24.3 Å². The van der Waals surface area contributed by atoms with Crippen molar-refractivity contribution < 1.29 is 9.53 Å². The standard InChI is InChI=1S/C14H18ClNO2/c1-18-13(11-7-2-3-8-12(11)15)9-16-14(17)10-5-4-6-10/h2-3,7-8,10,13H,4-6,9H2,1H3,(H,16,17)/t13-/m0/s1. The fraction of sp³-hybridized carbons (Fsp3) is 0.500. The van der Waals surface area contributed by atoms with E-state index >= 15 is 0 Å². The molecule has 1 aromatic carbocycles. The van der Waals surface area contributed by atoms with Crippen LogP contribution in [0.1, 0.15) is 30.9 Å². The molecule has 98 valence electrons. The number of methoxy groups -OCH3 is 1. The SMILES string of the molecule is CO[C@@H](CNC(=O)C1CCC1)c1ccccc1Cl. The molecule has 1 aliphatic carbocycles. The summed E-state index contributed by atoms with van der Waals surface area (Å²) in [7, 11) is 1.63. The summed E-state index contributed by atoms with van der Waals surface area (Å²) in [6.07, 6.45) is 2.99. The zero-order valence-electron chi connectivity index (χ0n) is 10.5. The summed E-state index contributed by atoms with van der Waals surface area (Å²) in [5.74, 6) is 0.337. The molecular formula is C14H18ClNO2. The molecule has 0 saturated heterocycles. The van der Waals surface area contributed by atoms with Gasteiger partial charge in [-0.15, -0.1) is 0 Å². The molecule has 0 heterocycles. The molecule has 1 aromatic rings. The van der Waals surface area contributed by atoms with Gasteiger partial charge in [0.1, 0.15) is 6.10 Å². The minimum absolute atomic E-state index is 0.135. The molecule has 0 aromatic heterocycles. The molecule has 0 bridgehead atoms. The summed E-state index contributed by atoms with van der Waals surface area (Å²) >= 11 is 6.12. The molecule has 1 atom stereocenters. The van der Waals surface area contributed by atoms with E-state index in [4.69, 9.17) is 16.3 Å². The molecule has 4 heteroatoms. The van der Waals surface area contributed by atoms with Gasteiger partial charge in [-0.2, -0.15) is 0 Å². The molecular weight excluding hydrogens is 250 g/mol. The summed E-state index contributed by atoms with van der Waals surface area (Å²) < 4.78 is 5.40. The highest BCUT2D eigenvalue weighted by Gasteiger charge is 2.25. The number of halogens is 1. The van der Waals surface area contributed by atoms with Crippen LogP contribution in [0.3, 0.4) is 0 Å². The van der Waals surface area contributed by atoms with Gasteiger partial charge in [-0.1, -0.05) is 36.2 Å². The van der Waals surface area contributed by atoms with Crippen molar-refractivity contribution >= 4 is 17.5 Å². The number of carbonyl (C=O) groups is 1. The molecule has 0 aliphatic heterocycles. The monoisotopic (exact) mass is 267 g/mol. The van der Waals surface area contributed by atoms with Gasteiger partial charge in [-0.3, -0.25) is 4.79 Å². The molecule has 1 amide bonds. The maximum Gasteiger partial charge on any atom is 0.223 e. The highest BCUT2D eigenvalue weighted by molar-refractivity contribution is 6.31. The Kier molecular flexibility index (Phi) is 4.61. The Balaban J connectivity index is 1.93. The van der Waals surface area contributed by atoms with E-state index in [-0.39, 0.29) is 17.9 Å². The minimum Gasteiger partial charge on any atom is -0.375 e. The van der Waals surface area contributed by atoms with Gasteiger partial charge in [-0.25, -0.2) is 0 Å². The number of rotatable bonds is 5. The first kappa shape index (κ1) is 13.4. The van der Waals surface area contributed by atoms with Crippen LogP contribution in [0.25, 0.3) is 0 Å². The van der Waals surface area contributed by atoms with Gasteiger partial charge < -0.3 is 10.1 Å². The minimum atomic E-state index is -0.192. The van der Waals surface area contributed by atoms with Crippen molar-refractivity contribution in [2.24, 2.45) is 5.92 Å². The Morgan fingerprint density at radius 1 is 1.50 bits per heavy atom. The normalized spacial score (nSPS) is 17.0. The lowest BCUT2D eigenvalue weighted by atomic mass is 9.85. The average Bonchev–Trinajstić information content (AvgIpc) is 2.29. The lowest BCUT2D eigenvalue weighted by Crippen LogP contribution is -2.37. The maximum atomic E-state index is 11.8. The van der Waals surface area contributed by atoms with Crippen LogP contribution in [0, 0.1) is 5.92 Å². The Labute approximate surface area is 112 Å². The second kappa shape index (κ2) is 6.21. The molecule has 1 saturated carbocycles. The highest BCUT2D eigenvalue weighted by Crippen LogP contribution is 2.27. The number of carbonyl (C=O) groups excluding carboxylic acids is 1. The van der Waals surface area contributed by atoms with Crippen LogP contribution in [0.2, 0.25) is 5.02 Å². The van der Waals surface area contributed by atoms with E-state index in [0.717, 1.165) is 24.8 Å². The Morgan fingerprint density at radius 3 is 2.78 bits per heavy atom. The summed E-state index contributed by atoms with van der Waals surface area (Å²) in [4.78, 5) is 11.8. The predicted molar refractivity (Wildman–Crippen MR) is 71.6 cm³/mol.